The highest BCUT2D eigenvalue weighted by atomic mass is 35.5. The Morgan fingerprint density at radius 3 is 2.76 bits per heavy atom. The molecule has 8 heteroatoms. The second-order valence-corrected chi connectivity index (χ2v) is 7.81. The number of ether oxygens (including phenoxy) is 1. The molecule has 7 nitrogen and oxygen atoms in total. The van der Waals surface area contributed by atoms with Gasteiger partial charge < -0.3 is 15.0 Å². The summed E-state index contributed by atoms with van der Waals surface area (Å²) >= 11 is 5.94. The van der Waals surface area contributed by atoms with Crippen molar-refractivity contribution in [1.29, 1.82) is 0 Å². The van der Waals surface area contributed by atoms with Crippen molar-refractivity contribution in [1.82, 2.24) is 20.0 Å². The molecule has 1 aromatic carbocycles. The van der Waals surface area contributed by atoms with Gasteiger partial charge in [0.15, 0.2) is 5.69 Å². The molecule has 0 spiro atoms. The lowest BCUT2D eigenvalue weighted by Gasteiger charge is -2.20. The smallest absolute Gasteiger partial charge is 0.272 e. The Balaban J connectivity index is 1.62. The van der Waals surface area contributed by atoms with Gasteiger partial charge in [0.2, 0.25) is 0 Å². The maximum Gasteiger partial charge on any atom is 0.272 e. The van der Waals surface area contributed by atoms with Crippen molar-refractivity contribution in [2.24, 2.45) is 0 Å². The van der Waals surface area contributed by atoms with Crippen LogP contribution < -0.4 is 5.32 Å². The lowest BCUT2D eigenvalue weighted by molar-refractivity contribution is 0.0743. The van der Waals surface area contributed by atoms with Gasteiger partial charge in [-0.25, -0.2) is 0 Å². The van der Waals surface area contributed by atoms with Gasteiger partial charge in [-0.1, -0.05) is 23.7 Å². The highest BCUT2D eigenvalue weighted by molar-refractivity contribution is 6.30. The first-order valence-corrected chi connectivity index (χ1v) is 10.3. The molecule has 0 atom stereocenters. The third-order valence-electron chi connectivity index (χ3n) is 4.66. The van der Waals surface area contributed by atoms with Crippen LogP contribution in [0.3, 0.4) is 0 Å². The normalized spacial score (nSPS) is 14.1. The molecule has 2 aromatic rings. The van der Waals surface area contributed by atoms with Crippen LogP contribution in [-0.4, -0.2) is 52.3 Å². The van der Waals surface area contributed by atoms with Gasteiger partial charge in [-0.3, -0.25) is 14.3 Å². The maximum absolute atomic E-state index is 13.0. The van der Waals surface area contributed by atoms with Crippen LogP contribution in [0.2, 0.25) is 5.02 Å². The highest BCUT2D eigenvalue weighted by Gasteiger charge is 2.26. The number of hydrogen-bond donors (Lipinski definition) is 1. The molecule has 1 aromatic heterocycles. The number of nitrogens with zero attached hydrogens (tertiary/aromatic N) is 3. The van der Waals surface area contributed by atoms with Crippen LogP contribution in [0, 0.1) is 0 Å². The van der Waals surface area contributed by atoms with Crippen molar-refractivity contribution < 1.29 is 14.3 Å². The van der Waals surface area contributed by atoms with Gasteiger partial charge >= 0.3 is 0 Å². The van der Waals surface area contributed by atoms with E-state index in [2.05, 4.69) is 10.4 Å². The van der Waals surface area contributed by atoms with E-state index >= 15 is 0 Å². The van der Waals surface area contributed by atoms with Gasteiger partial charge in [0, 0.05) is 43.9 Å². The Labute approximate surface area is 176 Å². The first-order valence-electron chi connectivity index (χ1n) is 9.95. The second-order valence-electron chi connectivity index (χ2n) is 7.37. The summed E-state index contributed by atoms with van der Waals surface area (Å²) in [5.41, 5.74) is 1.73. The Bertz CT molecular complexity index is 848. The number of rotatable bonds is 8. The lowest BCUT2D eigenvalue weighted by Crippen LogP contribution is -2.30. The summed E-state index contributed by atoms with van der Waals surface area (Å²) in [4.78, 5) is 27.2. The van der Waals surface area contributed by atoms with Crippen LogP contribution in [0.1, 0.15) is 53.2 Å². The van der Waals surface area contributed by atoms with E-state index in [9.17, 15) is 9.59 Å². The minimum Gasteiger partial charge on any atom is -0.379 e. The van der Waals surface area contributed by atoms with Crippen molar-refractivity contribution in [3.63, 3.8) is 0 Å². The number of carbonyl (C=O) groups is 2. The van der Waals surface area contributed by atoms with Gasteiger partial charge in [0.25, 0.3) is 11.8 Å². The number of fused-ring (bicyclic) bond motifs is 1. The van der Waals surface area contributed by atoms with Crippen LogP contribution >= 0.6 is 11.6 Å². The van der Waals surface area contributed by atoms with E-state index in [0.717, 1.165) is 18.4 Å². The first-order chi connectivity index (χ1) is 13.9. The Morgan fingerprint density at radius 1 is 1.28 bits per heavy atom. The number of benzene rings is 1. The Hall–Kier alpha value is -2.38. The van der Waals surface area contributed by atoms with Crippen molar-refractivity contribution in [3.8, 4) is 0 Å². The van der Waals surface area contributed by atoms with Crippen molar-refractivity contribution in [2.45, 2.75) is 45.9 Å². The first kappa shape index (κ1) is 21.3. The third kappa shape index (κ3) is 5.81. The molecule has 0 bridgehead atoms. The molecule has 0 unspecified atom stereocenters. The lowest BCUT2D eigenvalue weighted by atomic mass is 10.2. The van der Waals surface area contributed by atoms with Crippen LogP contribution in [-0.2, 0) is 17.8 Å². The van der Waals surface area contributed by atoms with Gasteiger partial charge in [-0.2, -0.15) is 5.10 Å². The summed E-state index contributed by atoms with van der Waals surface area (Å²) in [6.45, 7) is 6.79. The Kier molecular flexibility index (Phi) is 7.28. The monoisotopic (exact) mass is 418 g/mol. The molecule has 2 heterocycles. The average molecular weight is 419 g/mol. The predicted molar refractivity (Wildman–Crippen MR) is 111 cm³/mol. The number of hydrogen-bond acceptors (Lipinski definition) is 4. The molecule has 29 heavy (non-hydrogen) atoms. The fraction of sp³-hybridized carbons (Fsp3) is 0.476. The van der Waals surface area contributed by atoms with E-state index in [4.69, 9.17) is 16.3 Å². The molecule has 156 valence electrons. The predicted octanol–water partition coefficient (Wildman–Crippen LogP) is 3.13. The number of amides is 2. The zero-order chi connectivity index (χ0) is 20.8. The fourth-order valence-electron chi connectivity index (χ4n) is 3.19. The number of halogens is 1. The minimum absolute atomic E-state index is 0.116. The summed E-state index contributed by atoms with van der Waals surface area (Å²) in [7, 11) is 0. The molecular weight excluding hydrogens is 392 g/mol. The molecule has 1 aliphatic rings. The summed E-state index contributed by atoms with van der Waals surface area (Å²) < 4.78 is 7.10. The van der Waals surface area contributed by atoms with Crippen molar-refractivity contribution in [3.05, 3.63) is 52.3 Å². The van der Waals surface area contributed by atoms with E-state index in [1.165, 1.54) is 0 Å². The minimum atomic E-state index is -0.271. The van der Waals surface area contributed by atoms with Crippen LogP contribution in [0.4, 0.5) is 0 Å². The van der Waals surface area contributed by atoms with E-state index in [-0.39, 0.29) is 23.6 Å². The summed E-state index contributed by atoms with van der Waals surface area (Å²) in [6, 6.07) is 9.05. The number of nitrogens with one attached hydrogen (secondary N) is 1. The van der Waals surface area contributed by atoms with E-state index < -0.39 is 0 Å². The fourth-order valence-corrected chi connectivity index (χ4v) is 3.32. The molecule has 1 N–H and O–H groups in total. The summed E-state index contributed by atoms with van der Waals surface area (Å²) in [5, 5.41) is 7.85. The molecular formula is C21H27ClN4O3. The highest BCUT2D eigenvalue weighted by Crippen LogP contribution is 2.18. The zero-order valence-electron chi connectivity index (χ0n) is 16.9. The molecule has 0 radical (unpaired) electrons. The van der Waals surface area contributed by atoms with Gasteiger partial charge in [-0.15, -0.1) is 0 Å². The summed E-state index contributed by atoms with van der Waals surface area (Å²) in [5.74, 6) is -0.387. The molecule has 0 fully saturated rings. The number of aromatic nitrogens is 2. The molecule has 1 aliphatic heterocycles. The van der Waals surface area contributed by atoms with Crippen molar-refractivity contribution in [2.75, 3.05) is 19.7 Å². The van der Waals surface area contributed by atoms with E-state index in [1.54, 1.807) is 15.6 Å². The van der Waals surface area contributed by atoms with Gasteiger partial charge in [0.1, 0.15) is 5.69 Å². The Morgan fingerprint density at radius 2 is 2.03 bits per heavy atom. The molecule has 0 saturated carbocycles. The second kappa shape index (κ2) is 9.89. The largest absolute Gasteiger partial charge is 0.379 e. The molecule has 3 rings (SSSR count). The quantitative estimate of drug-likeness (QED) is 0.668. The van der Waals surface area contributed by atoms with Crippen molar-refractivity contribution >= 4 is 23.4 Å². The molecule has 2 amide bonds. The standard InChI is InChI=1S/C21H27ClN4O3/c1-15(2)29-12-3-9-23-20(27)18-13-19-21(28)25(10-4-11-26(19)24-18)14-16-5-7-17(22)8-6-16/h5-8,13,15H,3-4,9-12,14H2,1-2H3,(H,23,27). The third-order valence-corrected chi connectivity index (χ3v) is 4.91. The number of carbonyl (C=O) groups excluding carboxylic acids is 2. The average Bonchev–Trinajstić information content (AvgIpc) is 3.06. The zero-order valence-corrected chi connectivity index (χ0v) is 17.6. The van der Waals surface area contributed by atoms with Crippen LogP contribution in [0.5, 0.6) is 0 Å². The summed E-state index contributed by atoms with van der Waals surface area (Å²) in [6.07, 6.45) is 1.68. The number of aryl methyl sites for hydroxylation is 1. The van der Waals surface area contributed by atoms with E-state index in [0.29, 0.717) is 43.5 Å². The SMILES string of the molecule is CC(C)OCCCNC(=O)c1cc2n(n1)CCCN(Cc1ccc(Cl)cc1)C2=O. The molecule has 0 aliphatic carbocycles. The van der Waals surface area contributed by atoms with Crippen LogP contribution in [0.25, 0.3) is 0 Å². The topological polar surface area (TPSA) is 76.5 Å². The maximum atomic E-state index is 13.0. The van der Waals surface area contributed by atoms with Crippen LogP contribution in [0.15, 0.2) is 30.3 Å². The van der Waals surface area contributed by atoms with Gasteiger partial charge in [-0.05, 0) is 44.4 Å². The van der Waals surface area contributed by atoms with E-state index in [1.807, 2.05) is 38.1 Å². The van der Waals surface area contributed by atoms with Gasteiger partial charge in [0.05, 0.1) is 6.10 Å². The molecule has 0 saturated heterocycles.